The number of nitrogens with two attached hydrogens (primary N) is 1. The molecule has 1 heterocycles. The highest BCUT2D eigenvalue weighted by molar-refractivity contribution is 5.68. The molecule has 1 amide bonds. The Morgan fingerprint density at radius 3 is 2.52 bits per heavy atom. The number of pyridine rings is 1. The number of amides is 1. The minimum absolute atomic E-state index is 0.196. The van der Waals surface area contributed by atoms with Gasteiger partial charge < -0.3 is 15.8 Å². The average molecular weight is 305 g/mol. The fourth-order valence-corrected chi connectivity index (χ4v) is 1.65. The van der Waals surface area contributed by atoms with Gasteiger partial charge in [0.1, 0.15) is 11.3 Å². The first kappa shape index (κ1) is 17.2. The molecule has 0 radical (unpaired) electrons. The molecule has 0 bridgehead atoms. The van der Waals surface area contributed by atoms with Gasteiger partial charge in [-0.15, -0.1) is 0 Å². The summed E-state index contributed by atoms with van der Waals surface area (Å²) in [5.74, 6) is 0. The van der Waals surface area contributed by atoms with Crippen LogP contribution in [0.4, 0.5) is 18.0 Å². The molecule has 118 valence electrons. The molecule has 21 heavy (non-hydrogen) atoms. The van der Waals surface area contributed by atoms with Crippen LogP contribution in [0.1, 0.15) is 38.1 Å². The highest BCUT2D eigenvalue weighted by Gasteiger charge is 2.37. The van der Waals surface area contributed by atoms with Crippen molar-refractivity contribution in [1.29, 1.82) is 0 Å². The van der Waals surface area contributed by atoms with Gasteiger partial charge >= 0.3 is 12.3 Å². The molecule has 0 spiro atoms. The summed E-state index contributed by atoms with van der Waals surface area (Å²) in [7, 11) is 0. The lowest BCUT2D eigenvalue weighted by molar-refractivity contribution is -0.142. The SMILES string of the molecule is CC(C)(C)OC(=O)NC(CN)c1cccnc1C(F)(F)F. The van der Waals surface area contributed by atoms with Crippen LogP contribution in [0.5, 0.6) is 0 Å². The second-order valence-corrected chi connectivity index (χ2v) is 5.37. The Bertz CT molecular complexity index is 498. The Labute approximate surface area is 120 Å². The fourth-order valence-electron chi connectivity index (χ4n) is 1.65. The third-order valence-corrected chi connectivity index (χ3v) is 2.41. The molecule has 0 aliphatic rings. The average Bonchev–Trinajstić information content (AvgIpc) is 2.32. The summed E-state index contributed by atoms with van der Waals surface area (Å²) in [6.45, 7) is 4.73. The van der Waals surface area contributed by atoms with E-state index in [4.69, 9.17) is 10.5 Å². The quantitative estimate of drug-likeness (QED) is 0.900. The number of carbonyl (C=O) groups excluding carboxylic acids is 1. The number of aromatic nitrogens is 1. The zero-order valence-electron chi connectivity index (χ0n) is 12.0. The van der Waals surface area contributed by atoms with E-state index in [-0.39, 0.29) is 12.1 Å². The summed E-state index contributed by atoms with van der Waals surface area (Å²) in [6, 6.07) is 1.54. The number of alkyl carbamates (subject to hydrolysis) is 1. The van der Waals surface area contributed by atoms with Crippen molar-refractivity contribution in [1.82, 2.24) is 10.3 Å². The number of alkyl halides is 3. The second kappa shape index (κ2) is 6.30. The van der Waals surface area contributed by atoms with E-state index in [1.807, 2.05) is 0 Å². The topological polar surface area (TPSA) is 77.2 Å². The van der Waals surface area contributed by atoms with E-state index in [1.165, 1.54) is 12.1 Å². The van der Waals surface area contributed by atoms with E-state index in [9.17, 15) is 18.0 Å². The minimum atomic E-state index is -4.63. The molecule has 1 aromatic rings. The molecule has 0 aliphatic carbocycles. The number of nitrogens with zero attached hydrogens (tertiary/aromatic N) is 1. The van der Waals surface area contributed by atoms with Crippen molar-refractivity contribution >= 4 is 6.09 Å². The molecule has 0 fully saturated rings. The lowest BCUT2D eigenvalue weighted by Gasteiger charge is -2.24. The van der Waals surface area contributed by atoms with Crippen LogP contribution in [-0.4, -0.2) is 23.2 Å². The summed E-state index contributed by atoms with van der Waals surface area (Å²) in [4.78, 5) is 15.0. The fraction of sp³-hybridized carbons (Fsp3) is 0.538. The monoisotopic (exact) mass is 305 g/mol. The largest absolute Gasteiger partial charge is 0.444 e. The van der Waals surface area contributed by atoms with Crippen LogP contribution in [0.3, 0.4) is 0 Å². The third kappa shape index (κ3) is 5.22. The van der Waals surface area contributed by atoms with Crippen molar-refractivity contribution in [2.45, 2.75) is 38.6 Å². The summed E-state index contributed by atoms with van der Waals surface area (Å²) in [5, 5.41) is 2.33. The molecule has 1 atom stereocenters. The van der Waals surface area contributed by atoms with Crippen LogP contribution < -0.4 is 11.1 Å². The van der Waals surface area contributed by atoms with Crippen LogP contribution in [0, 0.1) is 0 Å². The maximum absolute atomic E-state index is 12.9. The minimum Gasteiger partial charge on any atom is -0.444 e. The van der Waals surface area contributed by atoms with Gasteiger partial charge in [-0.1, -0.05) is 6.07 Å². The van der Waals surface area contributed by atoms with E-state index in [0.29, 0.717) is 0 Å². The number of carbonyl (C=O) groups is 1. The number of ether oxygens (including phenoxy) is 1. The van der Waals surface area contributed by atoms with Crippen LogP contribution in [0.15, 0.2) is 18.3 Å². The van der Waals surface area contributed by atoms with Crippen molar-refractivity contribution in [2.75, 3.05) is 6.54 Å². The number of hydrogen-bond acceptors (Lipinski definition) is 4. The third-order valence-electron chi connectivity index (χ3n) is 2.41. The normalized spacial score (nSPS) is 13.7. The Balaban J connectivity index is 2.99. The van der Waals surface area contributed by atoms with Gasteiger partial charge in [0.25, 0.3) is 0 Å². The van der Waals surface area contributed by atoms with Crippen LogP contribution in [0.2, 0.25) is 0 Å². The van der Waals surface area contributed by atoms with Gasteiger partial charge in [-0.3, -0.25) is 4.98 Å². The van der Waals surface area contributed by atoms with Crippen LogP contribution in [0.25, 0.3) is 0 Å². The van der Waals surface area contributed by atoms with Gasteiger partial charge in [-0.2, -0.15) is 13.2 Å². The van der Waals surface area contributed by atoms with E-state index in [2.05, 4.69) is 10.3 Å². The first-order chi connectivity index (χ1) is 9.54. The molecule has 0 saturated heterocycles. The molecule has 1 rings (SSSR count). The standard InChI is InChI=1S/C13H18F3N3O2/c1-12(2,3)21-11(20)19-9(7-17)8-5-4-6-18-10(8)13(14,15)16/h4-6,9H,7,17H2,1-3H3,(H,19,20). The predicted octanol–water partition coefficient (Wildman–Crippen LogP) is 2.62. The summed E-state index contributed by atoms with van der Waals surface area (Å²) < 4.78 is 43.7. The number of rotatable bonds is 3. The lowest BCUT2D eigenvalue weighted by atomic mass is 10.0. The van der Waals surface area contributed by atoms with E-state index >= 15 is 0 Å². The van der Waals surface area contributed by atoms with Crippen molar-refractivity contribution in [3.8, 4) is 0 Å². The molecule has 3 N–H and O–H groups in total. The molecule has 0 saturated carbocycles. The molecule has 0 aliphatic heterocycles. The Morgan fingerprint density at radius 1 is 1.43 bits per heavy atom. The molecule has 1 aromatic heterocycles. The number of nitrogens with one attached hydrogen (secondary N) is 1. The Kier molecular flexibility index (Phi) is 5.16. The second-order valence-electron chi connectivity index (χ2n) is 5.37. The molecular formula is C13H18F3N3O2. The zero-order chi connectivity index (χ0) is 16.3. The predicted molar refractivity (Wildman–Crippen MR) is 70.4 cm³/mol. The summed E-state index contributed by atoms with van der Waals surface area (Å²) >= 11 is 0. The van der Waals surface area contributed by atoms with E-state index in [1.54, 1.807) is 20.8 Å². The van der Waals surface area contributed by atoms with Crippen molar-refractivity contribution in [3.05, 3.63) is 29.6 Å². The molecule has 8 heteroatoms. The number of halogens is 3. The highest BCUT2D eigenvalue weighted by Crippen LogP contribution is 2.32. The van der Waals surface area contributed by atoms with Gasteiger partial charge in [-0.05, 0) is 26.8 Å². The van der Waals surface area contributed by atoms with Gasteiger partial charge in [0.15, 0.2) is 0 Å². The molecule has 1 unspecified atom stereocenters. The van der Waals surface area contributed by atoms with Gasteiger partial charge in [-0.25, -0.2) is 4.79 Å². The smallest absolute Gasteiger partial charge is 0.433 e. The summed E-state index contributed by atoms with van der Waals surface area (Å²) in [5.41, 5.74) is 3.44. The number of hydrogen-bond donors (Lipinski definition) is 2. The highest BCUT2D eigenvalue weighted by atomic mass is 19.4. The maximum atomic E-state index is 12.9. The van der Waals surface area contributed by atoms with Crippen molar-refractivity contribution < 1.29 is 22.7 Å². The van der Waals surface area contributed by atoms with Crippen LogP contribution >= 0.6 is 0 Å². The maximum Gasteiger partial charge on any atom is 0.433 e. The Morgan fingerprint density at radius 2 is 2.05 bits per heavy atom. The van der Waals surface area contributed by atoms with Gasteiger partial charge in [0.05, 0.1) is 6.04 Å². The van der Waals surface area contributed by atoms with E-state index < -0.39 is 29.6 Å². The zero-order valence-corrected chi connectivity index (χ0v) is 12.0. The molecular weight excluding hydrogens is 287 g/mol. The van der Waals surface area contributed by atoms with E-state index in [0.717, 1.165) is 6.20 Å². The molecule has 0 aromatic carbocycles. The lowest BCUT2D eigenvalue weighted by Crippen LogP contribution is -2.38. The molecule has 5 nitrogen and oxygen atoms in total. The first-order valence-electron chi connectivity index (χ1n) is 6.26. The first-order valence-corrected chi connectivity index (χ1v) is 6.26. The van der Waals surface area contributed by atoms with Gasteiger partial charge in [0, 0.05) is 18.3 Å². The van der Waals surface area contributed by atoms with Crippen molar-refractivity contribution in [2.24, 2.45) is 5.73 Å². The Hall–Kier alpha value is -1.83. The van der Waals surface area contributed by atoms with Crippen LogP contribution in [-0.2, 0) is 10.9 Å². The summed E-state index contributed by atoms with van der Waals surface area (Å²) in [6.07, 6.45) is -4.43. The van der Waals surface area contributed by atoms with Gasteiger partial charge in [0.2, 0.25) is 0 Å². The van der Waals surface area contributed by atoms with Crippen molar-refractivity contribution in [3.63, 3.8) is 0 Å².